The van der Waals surface area contributed by atoms with E-state index >= 15 is 0 Å². The quantitative estimate of drug-likeness (QED) is 0.0261. The van der Waals surface area contributed by atoms with Gasteiger partial charge >= 0.3 is 17.9 Å². The van der Waals surface area contributed by atoms with Crippen LogP contribution in [0.15, 0.2) is 134 Å². The van der Waals surface area contributed by atoms with Crippen LogP contribution in [0.5, 0.6) is 0 Å². The Morgan fingerprint density at radius 3 is 0.810 bits per heavy atom. The fraction of sp³-hybridized carbons (Fsp3) is 0.658. The summed E-state index contributed by atoms with van der Waals surface area (Å²) in [5, 5.41) is 0. The molecule has 0 saturated carbocycles. The lowest BCUT2D eigenvalue weighted by Gasteiger charge is -2.18. The van der Waals surface area contributed by atoms with Crippen LogP contribution in [0.4, 0.5) is 0 Å². The zero-order chi connectivity index (χ0) is 57.1. The van der Waals surface area contributed by atoms with E-state index in [1.165, 1.54) is 116 Å². The lowest BCUT2D eigenvalue weighted by Crippen LogP contribution is -2.30. The summed E-state index contributed by atoms with van der Waals surface area (Å²) in [6, 6.07) is 0. The predicted octanol–water partition coefficient (Wildman–Crippen LogP) is 22.5. The topological polar surface area (TPSA) is 78.9 Å². The van der Waals surface area contributed by atoms with Crippen LogP contribution in [-0.2, 0) is 28.6 Å². The molecule has 0 aromatic carbocycles. The molecule has 1 unspecified atom stereocenters. The zero-order valence-corrected chi connectivity index (χ0v) is 51.3. The minimum atomic E-state index is -0.803. The second-order valence-corrected chi connectivity index (χ2v) is 21.3. The number of hydrogen-bond donors (Lipinski definition) is 0. The van der Waals surface area contributed by atoms with Crippen LogP contribution in [0.3, 0.4) is 0 Å². The number of ether oxygens (including phenoxy) is 3. The first kappa shape index (κ1) is 74.5. The molecule has 6 heteroatoms. The van der Waals surface area contributed by atoms with Gasteiger partial charge in [-0.3, -0.25) is 14.4 Å². The van der Waals surface area contributed by atoms with E-state index in [1.807, 2.05) is 0 Å². The molecule has 1 atom stereocenters. The van der Waals surface area contributed by atoms with Gasteiger partial charge in [0.2, 0.25) is 0 Å². The summed E-state index contributed by atoms with van der Waals surface area (Å²) in [5.41, 5.74) is 0. The number of hydrogen-bond acceptors (Lipinski definition) is 6. The van der Waals surface area contributed by atoms with Crippen molar-refractivity contribution in [2.75, 3.05) is 13.2 Å². The van der Waals surface area contributed by atoms with Crippen LogP contribution in [0.25, 0.3) is 0 Å². The second kappa shape index (κ2) is 66.1. The summed E-state index contributed by atoms with van der Waals surface area (Å²) in [7, 11) is 0. The highest BCUT2D eigenvalue weighted by atomic mass is 16.6. The van der Waals surface area contributed by atoms with Crippen molar-refractivity contribution in [1.29, 1.82) is 0 Å². The Bertz CT molecular complexity index is 1680. The first-order chi connectivity index (χ1) is 39.0. The van der Waals surface area contributed by atoms with Gasteiger partial charge in [-0.25, -0.2) is 0 Å². The van der Waals surface area contributed by atoms with E-state index in [-0.39, 0.29) is 31.1 Å². The Kier molecular flexibility index (Phi) is 62.3. The van der Waals surface area contributed by atoms with Crippen LogP contribution in [0, 0.1) is 0 Å². The summed E-state index contributed by atoms with van der Waals surface area (Å²) in [6.07, 6.45) is 93.2. The summed E-state index contributed by atoms with van der Waals surface area (Å²) in [5.74, 6) is -0.946. The predicted molar refractivity (Wildman–Crippen MR) is 343 cm³/mol. The van der Waals surface area contributed by atoms with E-state index in [2.05, 4.69) is 154 Å². The van der Waals surface area contributed by atoms with E-state index in [0.29, 0.717) is 25.7 Å². The Morgan fingerprint density at radius 2 is 0.494 bits per heavy atom. The molecular weight excluding hydrogens is 973 g/mol. The van der Waals surface area contributed by atoms with Crippen molar-refractivity contribution in [2.24, 2.45) is 0 Å². The van der Waals surface area contributed by atoms with Gasteiger partial charge in [0, 0.05) is 19.3 Å². The molecule has 6 nitrogen and oxygen atoms in total. The highest BCUT2D eigenvalue weighted by molar-refractivity contribution is 5.71. The molecule has 0 aromatic rings. The van der Waals surface area contributed by atoms with E-state index in [4.69, 9.17) is 14.2 Å². The van der Waals surface area contributed by atoms with Crippen molar-refractivity contribution >= 4 is 17.9 Å². The van der Waals surface area contributed by atoms with Crippen LogP contribution >= 0.6 is 0 Å². The number of esters is 3. The number of carbonyl (C=O) groups excluding carboxylic acids is 3. The van der Waals surface area contributed by atoms with Crippen molar-refractivity contribution in [3.63, 3.8) is 0 Å². The number of rotatable bonds is 58. The summed E-state index contributed by atoms with van der Waals surface area (Å²) in [4.78, 5) is 38.2. The van der Waals surface area contributed by atoms with Crippen LogP contribution in [0.2, 0.25) is 0 Å². The highest BCUT2D eigenvalue weighted by Crippen LogP contribution is 2.15. The largest absolute Gasteiger partial charge is 0.462 e. The molecule has 0 amide bonds. The third-order valence-corrected chi connectivity index (χ3v) is 13.6. The average molecular weight is 1090 g/mol. The van der Waals surface area contributed by atoms with Gasteiger partial charge < -0.3 is 14.2 Å². The zero-order valence-electron chi connectivity index (χ0n) is 51.3. The third kappa shape index (κ3) is 64.3. The third-order valence-electron chi connectivity index (χ3n) is 13.6. The summed E-state index contributed by atoms with van der Waals surface area (Å²) < 4.78 is 16.9. The van der Waals surface area contributed by atoms with Crippen molar-refractivity contribution < 1.29 is 28.6 Å². The highest BCUT2D eigenvalue weighted by Gasteiger charge is 2.19. The Labute approximate surface area is 487 Å². The number of carbonyl (C=O) groups is 3. The monoisotopic (exact) mass is 1090 g/mol. The van der Waals surface area contributed by atoms with Gasteiger partial charge in [-0.2, -0.15) is 0 Å². The normalized spacial score (nSPS) is 13.0. The minimum absolute atomic E-state index is 0.0953. The Hall–Kier alpha value is -4.45. The maximum atomic E-state index is 12.9. The first-order valence-electron chi connectivity index (χ1n) is 32.7. The van der Waals surface area contributed by atoms with Gasteiger partial charge in [0.1, 0.15) is 13.2 Å². The molecule has 79 heavy (non-hydrogen) atoms. The van der Waals surface area contributed by atoms with E-state index in [9.17, 15) is 14.4 Å². The molecule has 0 N–H and O–H groups in total. The molecule has 0 aliphatic rings. The smallest absolute Gasteiger partial charge is 0.306 e. The maximum Gasteiger partial charge on any atom is 0.306 e. The van der Waals surface area contributed by atoms with Crippen molar-refractivity contribution in [1.82, 2.24) is 0 Å². The van der Waals surface area contributed by atoms with Crippen molar-refractivity contribution in [3.8, 4) is 0 Å². The van der Waals surface area contributed by atoms with Crippen molar-refractivity contribution in [2.45, 2.75) is 297 Å². The Morgan fingerprint density at radius 1 is 0.266 bits per heavy atom. The van der Waals surface area contributed by atoms with E-state index < -0.39 is 6.10 Å². The minimum Gasteiger partial charge on any atom is -0.462 e. The standard InChI is InChI=1S/C73H120O6/c1-4-7-10-13-16-19-22-25-28-29-30-31-32-33-34-35-36-37-38-39-40-41-42-43-44-45-46-49-51-54-57-60-63-66-72(75)78-69-70(79-73(76)67-64-61-58-55-52-48-27-24-21-18-15-12-9-6-3)68-77-71(74)65-62-59-56-53-50-47-26-23-20-17-14-11-8-5-2/h7,10,16,19,24-25,27-28,30-31,33-34,36-37,39-40,42-43,45-46,51,54,70H,4-6,8-9,11-15,17-18,20-23,26,29,32,35,38,41,44,47-50,52-53,55-69H2,1-3H3/b10-7-,19-16-,27-24-,28-25-,31-30-,34-33-,37-36-,40-39-,43-42-,46-45-,54-51-. The molecule has 0 spiro atoms. The summed E-state index contributed by atoms with van der Waals surface area (Å²) >= 11 is 0. The van der Waals surface area contributed by atoms with Gasteiger partial charge in [-0.15, -0.1) is 0 Å². The molecule has 0 aliphatic heterocycles. The van der Waals surface area contributed by atoms with Gasteiger partial charge in [-0.1, -0.05) is 283 Å². The fourth-order valence-electron chi connectivity index (χ4n) is 8.76. The van der Waals surface area contributed by atoms with Crippen LogP contribution in [0.1, 0.15) is 290 Å². The Balaban J connectivity index is 4.37. The van der Waals surface area contributed by atoms with Gasteiger partial charge in [0.15, 0.2) is 6.10 Å². The summed E-state index contributed by atoms with van der Waals surface area (Å²) in [6.45, 7) is 6.48. The molecule has 0 aliphatic carbocycles. The van der Waals surface area contributed by atoms with Crippen molar-refractivity contribution in [3.05, 3.63) is 134 Å². The van der Waals surface area contributed by atoms with E-state index in [1.54, 1.807) is 0 Å². The lowest BCUT2D eigenvalue weighted by molar-refractivity contribution is -0.167. The first-order valence-corrected chi connectivity index (χ1v) is 32.7. The lowest BCUT2D eigenvalue weighted by atomic mass is 10.0. The van der Waals surface area contributed by atoms with E-state index in [0.717, 1.165) is 128 Å². The second-order valence-electron chi connectivity index (χ2n) is 21.3. The number of allylic oxidation sites excluding steroid dienone is 22. The maximum absolute atomic E-state index is 12.9. The molecule has 448 valence electrons. The molecule has 0 radical (unpaired) electrons. The SMILES string of the molecule is CC/C=C\C/C=C\C/C=C\C/C=C\C/C=C\C/C=C\C/C=C\C/C=C\C/C=C\C/C=C\CCCCC(=O)OCC(COC(=O)CCCCCCCCCCCCCCCC)OC(=O)CCCCCCC/C=C\CCCCCCC. The molecule has 0 fully saturated rings. The van der Waals surface area contributed by atoms with Gasteiger partial charge in [0.05, 0.1) is 0 Å². The molecule has 0 aromatic heterocycles. The van der Waals surface area contributed by atoms with Gasteiger partial charge in [-0.05, 0) is 122 Å². The molecular formula is C73H120O6. The van der Waals surface area contributed by atoms with Crippen LogP contribution < -0.4 is 0 Å². The average Bonchev–Trinajstić information content (AvgIpc) is 3.45. The van der Waals surface area contributed by atoms with Gasteiger partial charge in [0.25, 0.3) is 0 Å². The molecule has 0 heterocycles. The number of unbranched alkanes of at least 4 members (excludes halogenated alkanes) is 25. The molecule has 0 saturated heterocycles. The fourth-order valence-corrected chi connectivity index (χ4v) is 8.76. The molecule has 0 bridgehead atoms. The van der Waals surface area contributed by atoms with Crippen LogP contribution in [-0.4, -0.2) is 37.2 Å². The molecule has 0 rings (SSSR count).